The Morgan fingerprint density at radius 2 is 2.04 bits per heavy atom. The van der Waals surface area contributed by atoms with E-state index in [0.29, 0.717) is 10.4 Å². The van der Waals surface area contributed by atoms with Gasteiger partial charge in [-0.3, -0.25) is 4.79 Å². The molecule has 0 fully saturated rings. The van der Waals surface area contributed by atoms with Crippen LogP contribution >= 0.6 is 11.5 Å². The molecule has 2 heterocycles. The van der Waals surface area contributed by atoms with E-state index < -0.39 is 11.9 Å². The second kappa shape index (κ2) is 5.81. The molecule has 7 nitrogen and oxygen atoms in total. The molecule has 2 N–H and O–H groups in total. The number of methoxy groups -OCH3 is 1. The van der Waals surface area contributed by atoms with Crippen LogP contribution in [0.4, 0.5) is 5.69 Å². The smallest absolute Gasteiger partial charge is 0.357 e. The molecular formula is C15H12N2O5S. The minimum absolute atomic E-state index is 0.144. The number of carboxylic acid groups (broad SMARTS) is 1. The zero-order valence-electron chi connectivity index (χ0n) is 12.0. The summed E-state index contributed by atoms with van der Waals surface area (Å²) in [5, 5.41) is 11.7. The van der Waals surface area contributed by atoms with Crippen LogP contribution in [0, 0.1) is 0 Å². The van der Waals surface area contributed by atoms with Crippen molar-refractivity contribution in [2.45, 2.75) is 12.3 Å². The Labute approximate surface area is 135 Å². The number of nitrogens with one attached hydrogen (secondary N) is 1. The van der Waals surface area contributed by atoms with Gasteiger partial charge in [-0.2, -0.15) is 4.37 Å². The van der Waals surface area contributed by atoms with Crippen LogP contribution in [0.3, 0.4) is 0 Å². The number of hydrogen-bond donors (Lipinski definition) is 2. The highest BCUT2D eigenvalue weighted by Gasteiger charge is 2.33. The van der Waals surface area contributed by atoms with Gasteiger partial charge in [0.1, 0.15) is 0 Å². The lowest BCUT2D eigenvalue weighted by Gasteiger charge is -2.22. The number of carboxylic acids is 1. The molecule has 1 amide bonds. The fourth-order valence-corrected chi connectivity index (χ4v) is 3.46. The van der Waals surface area contributed by atoms with Gasteiger partial charge in [0.15, 0.2) is 5.69 Å². The summed E-state index contributed by atoms with van der Waals surface area (Å²) in [6.07, 6.45) is 0.200. The Hall–Kier alpha value is -2.74. The quantitative estimate of drug-likeness (QED) is 0.834. The number of aromatic carboxylic acids is 1. The monoisotopic (exact) mass is 332 g/mol. The molecule has 0 saturated carbocycles. The second-order valence-electron chi connectivity index (χ2n) is 4.99. The molecule has 0 spiro atoms. The first-order chi connectivity index (χ1) is 11.0. The van der Waals surface area contributed by atoms with Crippen molar-refractivity contribution in [1.82, 2.24) is 4.37 Å². The van der Waals surface area contributed by atoms with E-state index in [1.54, 1.807) is 24.3 Å². The minimum Gasteiger partial charge on any atom is -0.476 e. The van der Waals surface area contributed by atoms with Gasteiger partial charge in [0.05, 0.1) is 23.2 Å². The summed E-state index contributed by atoms with van der Waals surface area (Å²) in [6, 6.07) is 6.71. The molecule has 8 heteroatoms. The van der Waals surface area contributed by atoms with Crippen LogP contribution in [0.15, 0.2) is 24.3 Å². The van der Waals surface area contributed by atoms with Crippen LogP contribution in [-0.4, -0.2) is 34.4 Å². The molecule has 1 aromatic heterocycles. The molecule has 1 aromatic carbocycles. The van der Waals surface area contributed by atoms with Crippen LogP contribution in [0.2, 0.25) is 0 Å². The summed E-state index contributed by atoms with van der Waals surface area (Å²) < 4.78 is 8.57. The highest BCUT2D eigenvalue weighted by Crippen LogP contribution is 2.41. The fraction of sp³-hybridized carbons (Fsp3) is 0.200. The first-order valence-corrected chi connectivity index (χ1v) is 7.49. The zero-order chi connectivity index (χ0) is 16.6. The molecule has 118 valence electrons. The first-order valence-electron chi connectivity index (χ1n) is 6.72. The van der Waals surface area contributed by atoms with E-state index in [9.17, 15) is 14.4 Å². The predicted molar refractivity (Wildman–Crippen MR) is 81.9 cm³/mol. The molecular weight excluding hydrogens is 320 g/mol. The van der Waals surface area contributed by atoms with E-state index in [1.165, 1.54) is 7.11 Å². The number of benzene rings is 1. The van der Waals surface area contributed by atoms with E-state index in [0.717, 1.165) is 17.1 Å². The fourth-order valence-electron chi connectivity index (χ4n) is 2.51. The SMILES string of the molecule is COC(=O)c1ccc([C@@H]2CC(=O)Nc3c(C(=O)O)nsc32)cc1. The van der Waals surface area contributed by atoms with Crippen LogP contribution in [0.25, 0.3) is 0 Å². The molecule has 3 rings (SSSR count). The Morgan fingerprint density at radius 1 is 1.35 bits per heavy atom. The lowest BCUT2D eigenvalue weighted by molar-refractivity contribution is -0.116. The molecule has 23 heavy (non-hydrogen) atoms. The van der Waals surface area contributed by atoms with Crippen molar-refractivity contribution < 1.29 is 24.2 Å². The van der Waals surface area contributed by atoms with Gasteiger partial charge in [-0.05, 0) is 29.2 Å². The largest absolute Gasteiger partial charge is 0.476 e. The van der Waals surface area contributed by atoms with Crippen LogP contribution < -0.4 is 5.32 Å². The molecule has 0 saturated heterocycles. The number of ether oxygens (including phenoxy) is 1. The molecule has 0 radical (unpaired) electrons. The van der Waals surface area contributed by atoms with Gasteiger partial charge in [0, 0.05) is 12.3 Å². The number of anilines is 1. The highest BCUT2D eigenvalue weighted by atomic mass is 32.1. The Balaban J connectivity index is 2.00. The van der Waals surface area contributed by atoms with E-state index in [2.05, 4.69) is 14.4 Å². The zero-order valence-corrected chi connectivity index (χ0v) is 12.8. The van der Waals surface area contributed by atoms with E-state index in [1.807, 2.05) is 0 Å². The van der Waals surface area contributed by atoms with Crippen molar-refractivity contribution in [3.63, 3.8) is 0 Å². The number of hydrogen-bond acceptors (Lipinski definition) is 6. The lowest BCUT2D eigenvalue weighted by atomic mass is 9.89. The molecule has 0 unspecified atom stereocenters. The van der Waals surface area contributed by atoms with Crippen LogP contribution in [0.1, 0.15) is 43.6 Å². The Kier molecular flexibility index (Phi) is 3.83. The number of fused-ring (bicyclic) bond motifs is 1. The Morgan fingerprint density at radius 3 is 2.65 bits per heavy atom. The van der Waals surface area contributed by atoms with E-state index in [4.69, 9.17) is 5.11 Å². The van der Waals surface area contributed by atoms with Gasteiger partial charge in [-0.15, -0.1) is 0 Å². The number of carbonyl (C=O) groups excluding carboxylic acids is 2. The average Bonchev–Trinajstić information content (AvgIpc) is 2.97. The third-order valence-electron chi connectivity index (χ3n) is 3.63. The second-order valence-corrected chi connectivity index (χ2v) is 5.80. The number of rotatable bonds is 3. The average molecular weight is 332 g/mol. The normalized spacial score (nSPS) is 16.4. The maximum absolute atomic E-state index is 11.9. The van der Waals surface area contributed by atoms with Gasteiger partial charge in [0.25, 0.3) is 0 Å². The predicted octanol–water partition coefficient (Wildman–Crippen LogP) is 2.10. The summed E-state index contributed by atoms with van der Waals surface area (Å²) in [7, 11) is 1.30. The van der Waals surface area contributed by atoms with Crippen molar-refractivity contribution >= 4 is 35.1 Å². The lowest BCUT2D eigenvalue weighted by Crippen LogP contribution is -2.23. The van der Waals surface area contributed by atoms with Gasteiger partial charge in [-0.25, -0.2) is 9.59 Å². The molecule has 1 atom stereocenters. The third kappa shape index (κ3) is 2.68. The molecule has 2 aromatic rings. The third-order valence-corrected chi connectivity index (χ3v) is 4.58. The number of amides is 1. The standard InChI is InChI=1S/C15H12N2O5S/c1-22-15(21)8-4-2-7(3-5-8)9-6-10(18)16-11-12(14(19)20)17-23-13(9)11/h2-5,9H,6H2,1H3,(H,16,18)(H,19,20)/t9-/m0/s1. The summed E-state index contributed by atoms with van der Waals surface area (Å²) in [6.45, 7) is 0. The number of esters is 1. The number of aromatic nitrogens is 1. The Bertz CT molecular complexity index is 797. The van der Waals surface area contributed by atoms with Gasteiger partial charge in [0.2, 0.25) is 5.91 Å². The minimum atomic E-state index is -1.18. The van der Waals surface area contributed by atoms with Crippen molar-refractivity contribution in [1.29, 1.82) is 0 Å². The molecule has 1 aliphatic heterocycles. The maximum Gasteiger partial charge on any atom is 0.357 e. The van der Waals surface area contributed by atoms with Crippen LogP contribution in [0.5, 0.6) is 0 Å². The summed E-state index contributed by atoms with van der Waals surface area (Å²) in [5.41, 5.74) is 1.34. The van der Waals surface area contributed by atoms with Crippen molar-refractivity contribution in [3.8, 4) is 0 Å². The summed E-state index contributed by atoms with van der Waals surface area (Å²) in [5.74, 6) is -2.16. The molecule has 0 bridgehead atoms. The molecule has 1 aliphatic rings. The van der Waals surface area contributed by atoms with Gasteiger partial charge >= 0.3 is 11.9 Å². The summed E-state index contributed by atoms with van der Waals surface area (Å²) in [4.78, 5) is 35.3. The summed E-state index contributed by atoms with van der Waals surface area (Å²) >= 11 is 1.06. The van der Waals surface area contributed by atoms with E-state index >= 15 is 0 Å². The highest BCUT2D eigenvalue weighted by molar-refractivity contribution is 7.06. The van der Waals surface area contributed by atoms with Gasteiger partial charge in [-0.1, -0.05) is 12.1 Å². The van der Waals surface area contributed by atoms with Crippen molar-refractivity contribution in [2.75, 3.05) is 12.4 Å². The maximum atomic E-state index is 11.9. The number of carbonyl (C=O) groups is 3. The number of nitrogens with zero attached hydrogens (tertiary/aromatic N) is 1. The van der Waals surface area contributed by atoms with Crippen molar-refractivity contribution in [3.05, 3.63) is 46.0 Å². The van der Waals surface area contributed by atoms with Gasteiger partial charge < -0.3 is 15.2 Å². The molecule has 0 aliphatic carbocycles. The van der Waals surface area contributed by atoms with Crippen LogP contribution in [-0.2, 0) is 9.53 Å². The first kappa shape index (κ1) is 15.2. The van der Waals surface area contributed by atoms with E-state index in [-0.39, 0.29) is 29.6 Å². The topological polar surface area (TPSA) is 106 Å². The van der Waals surface area contributed by atoms with Crippen molar-refractivity contribution in [2.24, 2.45) is 0 Å².